The predicted octanol–water partition coefficient (Wildman–Crippen LogP) is 3.66. The van der Waals surface area contributed by atoms with E-state index >= 15 is 0 Å². The molecule has 2 aliphatic heterocycles. The van der Waals surface area contributed by atoms with Gasteiger partial charge in [0.2, 0.25) is 5.91 Å². The summed E-state index contributed by atoms with van der Waals surface area (Å²) in [7, 11) is 0. The lowest BCUT2D eigenvalue weighted by Gasteiger charge is -2.43. The summed E-state index contributed by atoms with van der Waals surface area (Å²) in [5, 5.41) is 3.27. The molecule has 5 rings (SSSR count). The highest BCUT2D eigenvalue weighted by Crippen LogP contribution is 2.40. The lowest BCUT2D eigenvalue weighted by Crippen LogP contribution is -2.51. The van der Waals surface area contributed by atoms with E-state index in [1.165, 1.54) is 11.3 Å². The normalized spacial score (nSPS) is 16.9. The highest BCUT2D eigenvalue weighted by molar-refractivity contribution is 7.22. The molecule has 0 unspecified atom stereocenters. The van der Waals surface area contributed by atoms with E-state index in [1.807, 2.05) is 24.3 Å². The Bertz CT molecular complexity index is 1210. The Morgan fingerprint density at radius 1 is 1.21 bits per heavy atom. The molecule has 2 aliphatic rings. The molecule has 0 saturated carbocycles. The first-order valence-electron chi connectivity index (χ1n) is 10.8. The number of aromatic nitrogens is 1. The Hall–Kier alpha value is -3.46. The zero-order valence-corrected chi connectivity index (χ0v) is 18.9. The topological polar surface area (TPSA) is 97.8 Å². The van der Waals surface area contributed by atoms with E-state index in [1.54, 1.807) is 30.0 Å². The van der Waals surface area contributed by atoms with Crippen LogP contribution in [-0.2, 0) is 9.59 Å². The van der Waals surface area contributed by atoms with Crippen molar-refractivity contribution in [1.82, 2.24) is 9.88 Å². The Balaban J connectivity index is 1.23. The minimum atomic E-state index is -0.598. The third-order valence-electron chi connectivity index (χ3n) is 6.09. The van der Waals surface area contributed by atoms with Gasteiger partial charge in [0, 0.05) is 38.9 Å². The largest absolute Gasteiger partial charge is 0.486 e. The number of thiazole rings is 1. The van der Waals surface area contributed by atoms with Gasteiger partial charge in [-0.2, -0.15) is 0 Å². The summed E-state index contributed by atoms with van der Waals surface area (Å²) in [4.78, 5) is 42.9. The second-order valence-corrected chi connectivity index (χ2v) is 9.40. The number of carbonyl (C=O) groups excluding carboxylic acids is 3. The number of hydrogen-bond donors (Lipinski definition) is 1. The fraction of sp³-hybridized carbons (Fsp3) is 0.333. The molecule has 9 heteroatoms. The molecule has 3 heterocycles. The van der Waals surface area contributed by atoms with Crippen molar-refractivity contribution in [3.63, 3.8) is 0 Å². The molecule has 0 atom stereocenters. The van der Waals surface area contributed by atoms with Crippen LogP contribution in [0.1, 0.15) is 36.5 Å². The van der Waals surface area contributed by atoms with Crippen LogP contribution < -0.4 is 14.8 Å². The maximum atomic E-state index is 12.8. The third kappa shape index (κ3) is 4.41. The number of piperidine rings is 1. The summed E-state index contributed by atoms with van der Waals surface area (Å²) in [6.07, 6.45) is 1.51. The van der Waals surface area contributed by atoms with Crippen molar-refractivity contribution in [2.75, 3.05) is 25.0 Å². The summed E-state index contributed by atoms with van der Waals surface area (Å²) in [5.41, 5.74) is 0.748. The number of anilines is 1. The number of hydrogen-bond acceptors (Lipinski definition) is 7. The smallest absolute Gasteiger partial charge is 0.264 e. The van der Waals surface area contributed by atoms with Gasteiger partial charge in [-0.1, -0.05) is 23.5 Å². The van der Waals surface area contributed by atoms with Gasteiger partial charge in [0.15, 0.2) is 17.5 Å². The van der Waals surface area contributed by atoms with Gasteiger partial charge in [-0.05, 0) is 24.3 Å². The fourth-order valence-electron chi connectivity index (χ4n) is 4.30. The van der Waals surface area contributed by atoms with Crippen molar-refractivity contribution in [3.05, 3.63) is 48.0 Å². The number of Topliss-reactive ketones (excluding diaryl/α,β-unsaturated/α-hetero) is 1. The Labute approximate surface area is 194 Å². The molecule has 1 aromatic heterocycles. The first kappa shape index (κ1) is 21.4. The summed E-state index contributed by atoms with van der Waals surface area (Å²) in [6, 6.07) is 12.7. The number of ketones is 1. The third-order valence-corrected chi connectivity index (χ3v) is 7.04. The van der Waals surface area contributed by atoms with E-state index in [9.17, 15) is 14.4 Å². The molecule has 3 aromatic rings. The van der Waals surface area contributed by atoms with Crippen LogP contribution in [0.5, 0.6) is 11.5 Å². The molecule has 170 valence electrons. The number of ether oxygens (including phenoxy) is 2. The van der Waals surface area contributed by atoms with Gasteiger partial charge >= 0.3 is 0 Å². The van der Waals surface area contributed by atoms with Gasteiger partial charge in [-0.3, -0.25) is 19.7 Å². The first-order valence-corrected chi connectivity index (χ1v) is 11.6. The van der Waals surface area contributed by atoms with Crippen molar-refractivity contribution in [2.45, 2.75) is 31.8 Å². The summed E-state index contributed by atoms with van der Waals surface area (Å²) < 4.78 is 12.9. The standard InChI is InChI=1S/C24H23N3O5S/c1-15(28)27-10-8-24(9-11-27)13-19(29)17-7-6-16(12-20(17)32-24)31-14-22(30)26-23-25-18-4-2-3-5-21(18)33-23/h2-7,12H,8-11,13-14H2,1H3,(H,25,26,30). The molecule has 1 fully saturated rings. The van der Waals surface area contributed by atoms with E-state index in [0.717, 1.165) is 10.2 Å². The van der Waals surface area contributed by atoms with Crippen molar-refractivity contribution in [1.29, 1.82) is 0 Å². The number of rotatable bonds is 4. The van der Waals surface area contributed by atoms with Crippen molar-refractivity contribution in [3.8, 4) is 11.5 Å². The highest BCUT2D eigenvalue weighted by atomic mass is 32.1. The van der Waals surface area contributed by atoms with Gasteiger partial charge < -0.3 is 14.4 Å². The highest BCUT2D eigenvalue weighted by Gasteiger charge is 2.43. The average Bonchev–Trinajstić information content (AvgIpc) is 3.20. The molecule has 0 aliphatic carbocycles. The number of carbonyl (C=O) groups is 3. The maximum absolute atomic E-state index is 12.8. The monoisotopic (exact) mass is 465 g/mol. The van der Waals surface area contributed by atoms with Gasteiger partial charge in [-0.25, -0.2) is 4.98 Å². The first-order chi connectivity index (χ1) is 15.9. The van der Waals surface area contributed by atoms with Crippen LogP contribution in [0.15, 0.2) is 42.5 Å². The van der Waals surface area contributed by atoms with Crippen LogP contribution in [0.3, 0.4) is 0 Å². The van der Waals surface area contributed by atoms with Crippen LogP contribution in [0.25, 0.3) is 10.2 Å². The Morgan fingerprint density at radius 3 is 2.76 bits per heavy atom. The SMILES string of the molecule is CC(=O)N1CCC2(CC1)CC(=O)c1ccc(OCC(=O)Nc3nc4ccccc4s3)cc1O2. The van der Waals surface area contributed by atoms with Gasteiger partial charge in [0.1, 0.15) is 17.1 Å². The van der Waals surface area contributed by atoms with Crippen molar-refractivity contribution in [2.24, 2.45) is 0 Å². The molecule has 1 N–H and O–H groups in total. The van der Waals surface area contributed by atoms with E-state index in [2.05, 4.69) is 10.3 Å². The van der Waals surface area contributed by atoms with Crippen LogP contribution in [0.4, 0.5) is 5.13 Å². The molecule has 2 amide bonds. The molecule has 0 radical (unpaired) electrons. The number of para-hydroxylation sites is 1. The molecule has 0 bridgehead atoms. The molecule has 33 heavy (non-hydrogen) atoms. The minimum Gasteiger partial charge on any atom is -0.486 e. The quantitative estimate of drug-likeness (QED) is 0.632. The second-order valence-electron chi connectivity index (χ2n) is 8.37. The van der Waals surface area contributed by atoms with E-state index < -0.39 is 5.60 Å². The number of amides is 2. The Morgan fingerprint density at radius 2 is 2.00 bits per heavy atom. The molecule has 8 nitrogen and oxygen atoms in total. The molecule has 1 saturated heterocycles. The van der Waals surface area contributed by atoms with Crippen molar-refractivity contribution >= 4 is 44.3 Å². The molecular weight excluding hydrogens is 442 g/mol. The lowest BCUT2D eigenvalue weighted by molar-refractivity contribution is -0.132. The average molecular weight is 466 g/mol. The summed E-state index contributed by atoms with van der Waals surface area (Å²) in [6.45, 7) is 2.50. The van der Waals surface area contributed by atoms with Gasteiger partial charge in [0.25, 0.3) is 5.91 Å². The predicted molar refractivity (Wildman–Crippen MR) is 124 cm³/mol. The van der Waals surface area contributed by atoms with E-state index in [4.69, 9.17) is 9.47 Å². The lowest BCUT2D eigenvalue weighted by atomic mass is 9.82. The van der Waals surface area contributed by atoms with E-state index in [-0.39, 0.29) is 24.2 Å². The molecule has 2 aromatic carbocycles. The minimum absolute atomic E-state index is 0.0210. The number of benzene rings is 2. The van der Waals surface area contributed by atoms with E-state index in [0.29, 0.717) is 54.5 Å². The zero-order valence-electron chi connectivity index (χ0n) is 18.1. The summed E-state index contributed by atoms with van der Waals surface area (Å²) >= 11 is 1.40. The fourth-order valence-corrected chi connectivity index (χ4v) is 5.18. The second kappa shape index (κ2) is 8.47. The number of likely N-dealkylation sites (tertiary alicyclic amines) is 1. The van der Waals surface area contributed by atoms with Crippen LogP contribution in [-0.4, -0.2) is 52.8 Å². The van der Waals surface area contributed by atoms with Gasteiger partial charge in [-0.15, -0.1) is 0 Å². The van der Waals surface area contributed by atoms with Crippen molar-refractivity contribution < 1.29 is 23.9 Å². The zero-order chi connectivity index (χ0) is 23.0. The molecular formula is C24H23N3O5S. The van der Waals surface area contributed by atoms with Crippen LogP contribution in [0, 0.1) is 0 Å². The summed E-state index contributed by atoms with van der Waals surface area (Å²) in [5.74, 6) is 0.641. The van der Waals surface area contributed by atoms with Crippen LogP contribution in [0.2, 0.25) is 0 Å². The Kier molecular flexibility index (Phi) is 5.49. The maximum Gasteiger partial charge on any atom is 0.264 e. The number of nitrogens with one attached hydrogen (secondary N) is 1. The number of fused-ring (bicyclic) bond motifs is 2. The molecule has 1 spiro atoms. The van der Waals surface area contributed by atoms with Crippen LogP contribution >= 0.6 is 11.3 Å². The van der Waals surface area contributed by atoms with Gasteiger partial charge in [0.05, 0.1) is 22.2 Å². The number of nitrogens with zero attached hydrogens (tertiary/aromatic N) is 2.